The molecule has 21 heavy (non-hydrogen) atoms. The molecule has 2 rings (SSSR count). The van der Waals surface area contributed by atoms with Gasteiger partial charge in [-0.1, -0.05) is 6.92 Å². The predicted molar refractivity (Wildman–Crippen MR) is 77.5 cm³/mol. The maximum Gasteiger partial charge on any atom is 0.255 e. The molecule has 2 aromatic rings. The lowest BCUT2D eigenvalue weighted by molar-refractivity contribution is 0.102. The van der Waals surface area contributed by atoms with E-state index in [9.17, 15) is 13.6 Å². The van der Waals surface area contributed by atoms with Crippen LogP contribution in [0.1, 0.15) is 23.0 Å². The van der Waals surface area contributed by atoms with Crippen LogP contribution in [-0.4, -0.2) is 17.9 Å². The molecule has 0 aliphatic heterocycles. The number of aryl methyl sites for hydroxylation is 1. The minimum atomic E-state index is -1.01. The lowest BCUT2D eigenvalue weighted by atomic mass is 10.1. The van der Waals surface area contributed by atoms with Gasteiger partial charge in [0, 0.05) is 30.1 Å². The molecule has 1 heterocycles. The van der Waals surface area contributed by atoms with E-state index in [0.29, 0.717) is 17.8 Å². The molecule has 1 amide bonds. The number of nitrogens with one attached hydrogen (secondary N) is 2. The molecule has 6 heteroatoms. The fourth-order valence-electron chi connectivity index (χ4n) is 1.81. The van der Waals surface area contributed by atoms with Crippen molar-refractivity contribution >= 4 is 17.4 Å². The molecule has 0 radical (unpaired) electrons. The fourth-order valence-corrected chi connectivity index (χ4v) is 1.81. The number of amides is 1. The maximum absolute atomic E-state index is 13.1. The smallest absolute Gasteiger partial charge is 0.255 e. The second-order valence-electron chi connectivity index (χ2n) is 4.42. The summed E-state index contributed by atoms with van der Waals surface area (Å²) in [6, 6.07) is 6.46. The van der Waals surface area contributed by atoms with Gasteiger partial charge in [-0.25, -0.2) is 13.8 Å². The van der Waals surface area contributed by atoms with Crippen LogP contribution in [0.25, 0.3) is 0 Å². The van der Waals surface area contributed by atoms with Crippen molar-refractivity contribution < 1.29 is 13.6 Å². The van der Waals surface area contributed by atoms with Gasteiger partial charge in [0.1, 0.15) is 5.82 Å². The van der Waals surface area contributed by atoms with Gasteiger partial charge in [-0.3, -0.25) is 4.79 Å². The van der Waals surface area contributed by atoms with Crippen molar-refractivity contribution in [3.8, 4) is 0 Å². The molecule has 2 N–H and O–H groups in total. The first-order valence-corrected chi connectivity index (χ1v) is 6.48. The zero-order valence-electron chi connectivity index (χ0n) is 11.7. The lowest BCUT2D eigenvalue weighted by Gasteiger charge is -2.09. The summed E-state index contributed by atoms with van der Waals surface area (Å²) in [7, 11) is 1.71. The molecule has 1 aromatic heterocycles. The number of hydrogen-bond acceptors (Lipinski definition) is 3. The van der Waals surface area contributed by atoms with Gasteiger partial charge in [0.15, 0.2) is 11.6 Å². The fraction of sp³-hybridized carbons (Fsp3) is 0.200. The molecule has 0 fully saturated rings. The molecule has 1 aromatic carbocycles. The summed E-state index contributed by atoms with van der Waals surface area (Å²) in [4.78, 5) is 16.4. The molecule has 0 spiro atoms. The van der Waals surface area contributed by atoms with Crippen molar-refractivity contribution in [2.24, 2.45) is 0 Å². The third-order valence-electron chi connectivity index (χ3n) is 2.94. The predicted octanol–water partition coefficient (Wildman–Crippen LogP) is 3.22. The molecule has 0 bridgehead atoms. The molecular formula is C15H15F2N3O. The molecule has 0 unspecified atom stereocenters. The van der Waals surface area contributed by atoms with Crippen LogP contribution in [0.15, 0.2) is 30.3 Å². The SMILES string of the molecule is CCc1cc(C(=O)Nc2ccc(F)c(F)c2)cc(NC)n1. The van der Waals surface area contributed by atoms with Crippen molar-refractivity contribution in [2.45, 2.75) is 13.3 Å². The monoisotopic (exact) mass is 291 g/mol. The van der Waals surface area contributed by atoms with E-state index in [4.69, 9.17) is 0 Å². The van der Waals surface area contributed by atoms with Gasteiger partial charge >= 0.3 is 0 Å². The second kappa shape index (κ2) is 6.30. The normalized spacial score (nSPS) is 10.3. The van der Waals surface area contributed by atoms with E-state index in [1.807, 2.05) is 6.92 Å². The topological polar surface area (TPSA) is 54.0 Å². The van der Waals surface area contributed by atoms with Gasteiger partial charge in [0.25, 0.3) is 5.91 Å². The van der Waals surface area contributed by atoms with Crippen molar-refractivity contribution in [3.63, 3.8) is 0 Å². The molecular weight excluding hydrogens is 276 g/mol. The van der Waals surface area contributed by atoms with E-state index in [1.165, 1.54) is 6.07 Å². The number of rotatable bonds is 4. The Morgan fingerprint density at radius 3 is 2.57 bits per heavy atom. The first-order valence-electron chi connectivity index (χ1n) is 6.48. The van der Waals surface area contributed by atoms with Crippen molar-refractivity contribution in [3.05, 3.63) is 53.2 Å². The molecule has 0 aliphatic carbocycles. The lowest BCUT2D eigenvalue weighted by Crippen LogP contribution is -2.13. The van der Waals surface area contributed by atoms with Gasteiger partial charge in [0.2, 0.25) is 0 Å². The Hall–Kier alpha value is -2.50. The maximum atomic E-state index is 13.1. The number of hydrogen-bond donors (Lipinski definition) is 2. The van der Waals surface area contributed by atoms with Crippen molar-refractivity contribution in [1.29, 1.82) is 0 Å². The van der Waals surface area contributed by atoms with E-state index in [-0.39, 0.29) is 5.69 Å². The summed E-state index contributed by atoms with van der Waals surface area (Å²) < 4.78 is 26.0. The number of carbonyl (C=O) groups is 1. The highest BCUT2D eigenvalue weighted by Gasteiger charge is 2.11. The van der Waals surface area contributed by atoms with Crippen LogP contribution in [-0.2, 0) is 6.42 Å². The van der Waals surface area contributed by atoms with Crippen LogP contribution in [0, 0.1) is 11.6 Å². The Kier molecular flexibility index (Phi) is 4.47. The summed E-state index contributed by atoms with van der Waals surface area (Å²) in [5.41, 5.74) is 1.35. The number of aromatic nitrogens is 1. The zero-order chi connectivity index (χ0) is 15.4. The largest absolute Gasteiger partial charge is 0.373 e. The van der Waals surface area contributed by atoms with Crippen LogP contribution >= 0.6 is 0 Å². The van der Waals surface area contributed by atoms with Gasteiger partial charge in [-0.05, 0) is 30.7 Å². The van der Waals surface area contributed by atoms with Gasteiger partial charge in [-0.2, -0.15) is 0 Å². The molecule has 0 saturated heterocycles. The van der Waals surface area contributed by atoms with E-state index < -0.39 is 17.5 Å². The Morgan fingerprint density at radius 1 is 1.19 bits per heavy atom. The molecule has 0 saturated carbocycles. The average molecular weight is 291 g/mol. The highest BCUT2D eigenvalue weighted by atomic mass is 19.2. The van der Waals surface area contributed by atoms with Crippen molar-refractivity contribution in [2.75, 3.05) is 17.7 Å². The van der Waals surface area contributed by atoms with Crippen LogP contribution in [0.2, 0.25) is 0 Å². The third kappa shape index (κ3) is 3.53. The number of pyridine rings is 1. The van der Waals surface area contributed by atoms with Crippen LogP contribution in [0.4, 0.5) is 20.3 Å². The van der Waals surface area contributed by atoms with Crippen LogP contribution in [0.5, 0.6) is 0 Å². The number of nitrogens with zero attached hydrogens (tertiary/aromatic N) is 1. The third-order valence-corrected chi connectivity index (χ3v) is 2.94. The standard InChI is InChI=1S/C15H15F2N3O/c1-3-10-6-9(7-14(18-2)19-10)15(21)20-11-4-5-12(16)13(17)8-11/h4-8H,3H2,1-2H3,(H,18,19)(H,20,21). The quantitative estimate of drug-likeness (QED) is 0.909. The summed E-state index contributed by atoms with van der Waals surface area (Å²) in [5, 5.41) is 5.40. The van der Waals surface area contributed by atoms with Gasteiger partial charge < -0.3 is 10.6 Å². The zero-order valence-corrected chi connectivity index (χ0v) is 11.7. The first kappa shape index (κ1) is 14.9. The van der Waals surface area contributed by atoms with E-state index in [1.54, 1.807) is 19.2 Å². The number of halogens is 2. The summed E-state index contributed by atoms with van der Waals surface area (Å²) in [5.74, 6) is -1.80. The molecule has 4 nitrogen and oxygen atoms in total. The highest BCUT2D eigenvalue weighted by Crippen LogP contribution is 2.16. The van der Waals surface area contributed by atoms with Crippen LogP contribution in [0.3, 0.4) is 0 Å². The summed E-state index contributed by atoms with van der Waals surface area (Å²) >= 11 is 0. The summed E-state index contributed by atoms with van der Waals surface area (Å²) in [6.07, 6.45) is 0.682. The Labute approximate surface area is 121 Å². The Balaban J connectivity index is 2.25. The molecule has 0 atom stereocenters. The van der Waals surface area contributed by atoms with Crippen LogP contribution < -0.4 is 10.6 Å². The van der Waals surface area contributed by atoms with Gasteiger partial charge in [-0.15, -0.1) is 0 Å². The molecule has 110 valence electrons. The molecule has 0 aliphatic rings. The minimum absolute atomic E-state index is 0.194. The number of benzene rings is 1. The first-order chi connectivity index (χ1) is 10.0. The second-order valence-corrected chi connectivity index (χ2v) is 4.42. The number of anilines is 2. The van der Waals surface area contributed by atoms with Crippen molar-refractivity contribution in [1.82, 2.24) is 4.98 Å². The number of carbonyl (C=O) groups excluding carboxylic acids is 1. The van der Waals surface area contributed by atoms with E-state index in [0.717, 1.165) is 17.8 Å². The Bertz CT molecular complexity index is 652. The van der Waals surface area contributed by atoms with E-state index >= 15 is 0 Å². The van der Waals surface area contributed by atoms with Gasteiger partial charge in [0.05, 0.1) is 0 Å². The average Bonchev–Trinajstić information content (AvgIpc) is 2.50. The van der Waals surface area contributed by atoms with E-state index in [2.05, 4.69) is 15.6 Å². The summed E-state index contributed by atoms with van der Waals surface area (Å²) in [6.45, 7) is 1.93. The minimum Gasteiger partial charge on any atom is -0.373 e. The Morgan fingerprint density at radius 2 is 1.95 bits per heavy atom. The highest BCUT2D eigenvalue weighted by molar-refractivity contribution is 6.04.